The van der Waals surface area contributed by atoms with Gasteiger partial charge in [0.25, 0.3) is 0 Å². The van der Waals surface area contributed by atoms with Crippen LogP contribution in [0.2, 0.25) is 0 Å². The number of aliphatic hydroxyl groups excluding tert-OH is 1. The van der Waals surface area contributed by atoms with Gasteiger partial charge in [0.05, 0.1) is 12.1 Å². The molecule has 4 N–H and O–H groups in total. The number of carbonyl (C=O) groups is 1. The summed E-state index contributed by atoms with van der Waals surface area (Å²) < 4.78 is 0. The highest BCUT2D eigenvalue weighted by molar-refractivity contribution is 5.90. The summed E-state index contributed by atoms with van der Waals surface area (Å²) in [6.07, 6.45) is -0.0819. The van der Waals surface area contributed by atoms with Crippen molar-refractivity contribution in [2.75, 3.05) is 5.32 Å². The fourth-order valence-electron chi connectivity index (χ4n) is 3.26. The van der Waals surface area contributed by atoms with Gasteiger partial charge >= 0.3 is 6.03 Å². The van der Waals surface area contributed by atoms with Crippen LogP contribution in [0, 0.1) is 6.92 Å². The number of hydrogen-bond donors (Lipinski definition) is 4. The Kier molecular flexibility index (Phi) is 4.14. The van der Waals surface area contributed by atoms with Crippen molar-refractivity contribution in [1.29, 1.82) is 0 Å². The van der Waals surface area contributed by atoms with Crippen molar-refractivity contribution < 1.29 is 9.90 Å². The van der Waals surface area contributed by atoms with Crippen LogP contribution in [-0.2, 0) is 6.42 Å². The second kappa shape index (κ2) is 6.61. The largest absolute Gasteiger partial charge is 0.390 e. The summed E-state index contributed by atoms with van der Waals surface area (Å²) in [4.78, 5) is 16.7. The molecule has 132 valence electrons. The third-order valence-corrected chi connectivity index (χ3v) is 4.47. The van der Waals surface area contributed by atoms with E-state index in [4.69, 9.17) is 0 Å². The number of hydrogen-bond acceptors (Lipinski definition) is 4. The first kappa shape index (κ1) is 16.3. The van der Waals surface area contributed by atoms with Gasteiger partial charge in [-0.25, -0.2) is 9.78 Å². The number of nitrogens with zero attached hydrogens (tertiary/aromatic N) is 2. The number of H-pyrrole nitrogens is 1. The van der Waals surface area contributed by atoms with Gasteiger partial charge in [0.15, 0.2) is 5.82 Å². The van der Waals surface area contributed by atoms with E-state index in [1.165, 1.54) is 0 Å². The Bertz CT molecular complexity index is 952. The predicted octanol–water partition coefficient (Wildman–Crippen LogP) is 2.56. The third kappa shape index (κ3) is 3.16. The Morgan fingerprint density at radius 1 is 1.23 bits per heavy atom. The molecule has 0 radical (unpaired) electrons. The average Bonchev–Trinajstić information content (AvgIpc) is 3.19. The van der Waals surface area contributed by atoms with E-state index in [0.29, 0.717) is 17.9 Å². The minimum atomic E-state index is -0.624. The van der Waals surface area contributed by atoms with Gasteiger partial charge in [-0.2, -0.15) is 5.10 Å². The number of nitrogens with one attached hydrogen (secondary N) is 3. The summed E-state index contributed by atoms with van der Waals surface area (Å²) in [6.45, 7) is 1.83. The maximum atomic E-state index is 12.4. The topological polar surface area (TPSA) is 103 Å². The summed E-state index contributed by atoms with van der Waals surface area (Å²) in [6, 6.07) is 14.3. The number of aliphatic hydroxyl groups is 1. The first-order valence-electron chi connectivity index (χ1n) is 8.43. The highest BCUT2D eigenvalue weighted by atomic mass is 16.3. The van der Waals surface area contributed by atoms with Crippen molar-refractivity contribution in [2.24, 2.45) is 0 Å². The monoisotopic (exact) mass is 349 g/mol. The Hall–Kier alpha value is -3.19. The van der Waals surface area contributed by atoms with E-state index in [1.807, 2.05) is 43.3 Å². The lowest BCUT2D eigenvalue weighted by molar-refractivity contribution is 0.144. The highest BCUT2D eigenvalue weighted by Crippen LogP contribution is 2.31. The molecule has 1 aliphatic rings. The molecule has 7 nitrogen and oxygen atoms in total. The van der Waals surface area contributed by atoms with E-state index in [9.17, 15) is 9.90 Å². The number of aromatic nitrogens is 3. The standard InChI is InChI=1S/C19H19N5O2/c1-11-20-18(24-23-11)13-6-4-7-14(9-13)21-19(26)22-17-15-8-3-2-5-12(15)10-16(17)25/h2-9,16-17,25H,10H2,1H3,(H,20,23,24)(H2,21,22,26)/t16-,17+/m0/s1. The van der Waals surface area contributed by atoms with Gasteiger partial charge in [-0.05, 0) is 30.2 Å². The van der Waals surface area contributed by atoms with E-state index in [-0.39, 0.29) is 6.03 Å². The van der Waals surface area contributed by atoms with Crippen molar-refractivity contribution in [3.8, 4) is 11.4 Å². The van der Waals surface area contributed by atoms with Crippen LogP contribution in [-0.4, -0.2) is 32.4 Å². The van der Waals surface area contributed by atoms with Crippen LogP contribution in [0.4, 0.5) is 10.5 Å². The van der Waals surface area contributed by atoms with Crippen LogP contribution in [0.15, 0.2) is 48.5 Å². The number of aromatic amines is 1. The van der Waals surface area contributed by atoms with E-state index < -0.39 is 12.1 Å². The second-order valence-corrected chi connectivity index (χ2v) is 6.37. The number of fused-ring (bicyclic) bond motifs is 1. The molecule has 7 heteroatoms. The van der Waals surface area contributed by atoms with Crippen LogP contribution >= 0.6 is 0 Å². The molecule has 3 aromatic rings. The zero-order chi connectivity index (χ0) is 18.1. The SMILES string of the molecule is Cc1nc(-c2cccc(NC(=O)N[C@@H]3c4ccccc4C[C@@H]3O)c2)n[nH]1. The lowest BCUT2D eigenvalue weighted by Gasteiger charge is -2.18. The van der Waals surface area contributed by atoms with Gasteiger partial charge in [-0.1, -0.05) is 36.4 Å². The Morgan fingerprint density at radius 2 is 2.08 bits per heavy atom. The van der Waals surface area contributed by atoms with Crippen LogP contribution in [0.5, 0.6) is 0 Å². The molecule has 0 unspecified atom stereocenters. The molecule has 2 amide bonds. The fraction of sp³-hybridized carbons (Fsp3) is 0.211. The van der Waals surface area contributed by atoms with Crippen molar-refractivity contribution >= 4 is 11.7 Å². The third-order valence-electron chi connectivity index (χ3n) is 4.47. The van der Waals surface area contributed by atoms with E-state index in [2.05, 4.69) is 25.8 Å². The Balaban J connectivity index is 1.47. The van der Waals surface area contributed by atoms with Crippen LogP contribution < -0.4 is 10.6 Å². The van der Waals surface area contributed by atoms with Crippen molar-refractivity contribution in [3.05, 3.63) is 65.5 Å². The summed E-state index contributed by atoms with van der Waals surface area (Å²) in [7, 11) is 0. The summed E-state index contributed by atoms with van der Waals surface area (Å²) in [5.74, 6) is 1.30. The minimum Gasteiger partial charge on any atom is -0.390 e. The molecule has 4 rings (SSSR count). The molecule has 0 saturated heterocycles. The van der Waals surface area contributed by atoms with E-state index in [1.54, 1.807) is 12.1 Å². The fourth-order valence-corrected chi connectivity index (χ4v) is 3.26. The number of aryl methyl sites for hydroxylation is 1. The van der Waals surface area contributed by atoms with E-state index >= 15 is 0 Å². The lowest BCUT2D eigenvalue weighted by atomic mass is 10.1. The summed E-state index contributed by atoms with van der Waals surface area (Å²) >= 11 is 0. The quantitative estimate of drug-likeness (QED) is 0.583. The molecule has 0 fully saturated rings. The molecule has 0 spiro atoms. The Labute approximate surface area is 150 Å². The zero-order valence-corrected chi connectivity index (χ0v) is 14.2. The zero-order valence-electron chi connectivity index (χ0n) is 14.2. The molecule has 2 atom stereocenters. The molecule has 1 heterocycles. The van der Waals surface area contributed by atoms with Crippen LogP contribution in [0.1, 0.15) is 23.0 Å². The maximum absolute atomic E-state index is 12.4. The van der Waals surface area contributed by atoms with E-state index in [0.717, 1.165) is 22.5 Å². The van der Waals surface area contributed by atoms with Crippen LogP contribution in [0.3, 0.4) is 0 Å². The average molecular weight is 349 g/mol. The van der Waals surface area contributed by atoms with Gasteiger partial charge < -0.3 is 15.7 Å². The number of rotatable bonds is 3. The first-order chi connectivity index (χ1) is 12.6. The van der Waals surface area contributed by atoms with Crippen molar-refractivity contribution in [3.63, 3.8) is 0 Å². The smallest absolute Gasteiger partial charge is 0.319 e. The summed E-state index contributed by atoms with van der Waals surface area (Å²) in [5.41, 5.74) is 3.45. The van der Waals surface area contributed by atoms with Gasteiger partial charge in [-0.15, -0.1) is 0 Å². The summed E-state index contributed by atoms with van der Waals surface area (Å²) in [5, 5.41) is 22.9. The normalized spacial score (nSPS) is 18.4. The number of anilines is 1. The molecule has 1 aliphatic carbocycles. The van der Waals surface area contributed by atoms with Gasteiger partial charge in [0, 0.05) is 17.7 Å². The number of amides is 2. The van der Waals surface area contributed by atoms with Gasteiger partial charge in [0.1, 0.15) is 5.82 Å². The number of carbonyl (C=O) groups excluding carboxylic acids is 1. The van der Waals surface area contributed by atoms with Crippen LogP contribution in [0.25, 0.3) is 11.4 Å². The Morgan fingerprint density at radius 3 is 2.88 bits per heavy atom. The first-order valence-corrected chi connectivity index (χ1v) is 8.43. The van der Waals surface area contributed by atoms with Crippen molar-refractivity contribution in [1.82, 2.24) is 20.5 Å². The maximum Gasteiger partial charge on any atom is 0.319 e. The molecule has 0 aliphatic heterocycles. The van der Waals surface area contributed by atoms with Gasteiger partial charge in [0.2, 0.25) is 0 Å². The predicted molar refractivity (Wildman–Crippen MR) is 97.6 cm³/mol. The minimum absolute atomic E-state index is 0.367. The van der Waals surface area contributed by atoms with Crippen molar-refractivity contribution in [2.45, 2.75) is 25.5 Å². The molecule has 0 bridgehead atoms. The number of benzene rings is 2. The molecule has 26 heavy (non-hydrogen) atoms. The second-order valence-electron chi connectivity index (χ2n) is 6.37. The lowest BCUT2D eigenvalue weighted by Crippen LogP contribution is -2.36. The molecule has 1 aromatic heterocycles. The van der Waals surface area contributed by atoms with Gasteiger partial charge in [-0.3, -0.25) is 5.10 Å². The highest BCUT2D eigenvalue weighted by Gasteiger charge is 2.31. The molecule has 2 aromatic carbocycles. The number of urea groups is 1. The molecular weight excluding hydrogens is 330 g/mol. The molecule has 0 saturated carbocycles. The molecular formula is C19H19N5O2.